The minimum absolute atomic E-state index is 0.0163. The molecule has 2 aromatic carbocycles. The molecule has 1 aliphatic rings. The van der Waals surface area contributed by atoms with Crippen molar-refractivity contribution in [3.05, 3.63) is 58.2 Å². The summed E-state index contributed by atoms with van der Waals surface area (Å²) < 4.78 is 33.7. The highest BCUT2D eigenvalue weighted by Gasteiger charge is 2.22. The Hall–Kier alpha value is -2.26. The van der Waals surface area contributed by atoms with Crippen molar-refractivity contribution in [2.75, 3.05) is 31.0 Å². The van der Waals surface area contributed by atoms with Gasteiger partial charge in [0.2, 0.25) is 0 Å². The number of carbonyl (C=O) groups is 1. The Labute approximate surface area is 177 Å². The SMILES string of the molecule is O=C(c1cccc(S(=O)(=O)Nc2ccc(Cl)c3c(Cl)c[nH]c23)c1)N1CCOCC1. The summed E-state index contributed by atoms with van der Waals surface area (Å²) >= 11 is 12.3. The van der Waals surface area contributed by atoms with Gasteiger partial charge in [0.1, 0.15) is 0 Å². The second-order valence-corrected chi connectivity index (χ2v) is 9.02. The van der Waals surface area contributed by atoms with Crippen LogP contribution in [0.25, 0.3) is 10.9 Å². The quantitative estimate of drug-likeness (QED) is 0.628. The van der Waals surface area contributed by atoms with E-state index in [4.69, 9.17) is 27.9 Å². The predicted octanol–water partition coefficient (Wildman–Crippen LogP) is 3.75. The topological polar surface area (TPSA) is 91.5 Å². The van der Waals surface area contributed by atoms with Crippen LogP contribution < -0.4 is 4.72 Å². The summed E-state index contributed by atoms with van der Waals surface area (Å²) in [5.41, 5.74) is 1.09. The average molecular weight is 454 g/mol. The Kier molecular flexibility index (Phi) is 5.44. The summed E-state index contributed by atoms with van der Waals surface area (Å²) in [6.45, 7) is 1.89. The molecule has 7 nitrogen and oxygen atoms in total. The molecule has 29 heavy (non-hydrogen) atoms. The lowest BCUT2D eigenvalue weighted by molar-refractivity contribution is 0.0302. The van der Waals surface area contributed by atoms with E-state index in [9.17, 15) is 13.2 Å². The van der Waals surface area contributed by atoms with E-state index in [1.165, 1.54) is 18.3 Å². The van der Waals surface area contributed by atoms with Gasteiger partial charge in [0.15, 0.2) is 0 Å². The molecule has 2 N–H and O–H groups in total. The van der Waals surface area contributed by atoms with Crippen molar-refractivity contribution in [2.45, 2.75) is 4.90 Å². The fraction of sp³-hybridized carbons (Fsp3) is 0.211. The van der Waals surface area contributed by atoms with Crippen LogP contribution in [-0.4, -0.2) is 50.5 Å². The fourth-order valence-corrected chi connectivity index (χ4v) is 4.88. The van der Waals surface area contributed by atoms with Crippen LogP contribution in [0.1, 0.15) is 10.4 Å². The maximum Gasteiger partial charge on any atom is 0.261 e. The molecule has 10 heteroatoms. The van der Waals surface area contributed by atoms with E-state index >= 15 is 0 Å². The molecule has 0 atom stereocenters. The molecule has 1 amide bonds. The number of nitrogens with zero attached hydrogens (tertiary/aromatic N) is 1. The van der Waals surface area contributed by atoms with Gasteiger partial charge in [-0.25, -0.2) is 8.42 Å². The molecule has 1 aromatic heterocycles. The number of halogens is 2. The van der Waals surface area contributed by atoms with Crippen LogP contribution in [0, 0.1) is 0 Å². The number of anilines is 1. The Bertz CT molecular complexity index is 1190. The van der Waals surface area contributed by atoms with Crippen molar-refractivity contribution >= 4 is 55.7 Å². The number of carbonyl (C=O) groups excluding carboxylic acids is 1. The molecular weight excluding hydrogens is 437 g/mol. The first kappa shape index (κ1) is 20.0. The number of aromatic amines is 1. The molecule has 2 heterocycles. The van der Waals surface area contributed by atoms with Gasteiger partial charge in [0.05, 0.1) is 39.4 Å². The molecular formula is C19H17Cl2N3O4S. The van der Waals surface area contributed by atoms with E-state index in [0.29, 0.717) is 58.5 Å². The maximum absolute atomic E-state index is 13.0. The smallest absolute Gasteiger partial charge is 0.261 e. The van der Waals surface area contributed by atoms with Crippen molar-refractivity contribution < 1.29 is 17.9 Å². The molecule has 152 valence electrons. The highest BCUT2D eigenvalue weighted by Crippen LogP contribution is 2.35. The lowest BCUT2D eigenvalue weighted by Crippen LogP contribution is -2.40. The highest BCUT2D eigenvalue weighted by atomic mass is 35.5. The monoisotopic (exact) mass is 453 g/mol. The number of ether oxygens (including phenoxy) is 1. The second kappa shape index (κ2) is 7.87. The highest BCUT2D eigenvalue weighted by molar-refractivity contribution is 7.92. The summed E-state index contributed by atoms with van der Waals surface area (Å²) in [4.78, 5) is 17.2. The van der Waals surface area contributed by atoms with Gasteiger partial charge in [0.25, 0.3) is 15.9 Å². The van der Waals surface area contributed by atoms with E-state index < -0.39 is 10.0 Å². The van der Waals surface area contributed by atoms with Gasteiger partial charge in [-0.15, -0.1) is 0 Å². The summed E-state index contributed by atoms with van der Waals surface area (Å²) in [5.74, 6) is -0.226. The standard InChI is InChI=1S/C19H17Cl2N3O4S/c20-14-4-5-16(18-17(14)15(21)11-22-18)23-29(26,27)13-3-1-2-12(10-13)19(25)24-6-8-28-9-7-24/h1-5,10-11,22-23H,6-9H2. The lowest BCUT2D eigenvalue weighted by Gasteiger charge is -2.27. The van der Waals surface area contributed by atoms with E-state index in [2.05, 4.69) is 9.71 Å². The van der Waals surface area contributed by atoms with Gasteiger partial charge in [-0.05, 0) is 30.3 Å². The Morgan fingerprint density at radius 2 is 1.86 bits per heavy atom. The summed E-state index contributed by atoms with van der Waals surface area (Å²) in [6, 6.07) is 9.08. The first-order valence-corrected chi connectivity index (χ1v) is 11.1. The Balaban J connectivity index is 1.65. The largest absolute Gasteiger partial charge is 0.378 e. The normalized spacial score (nSPS) is 14.9. The number of fused-ring (bicyclic) bond motifs is 1. The molecule has 0 unspecified atom stereocenters. The van der Waals surface area contributed by atoms with Gasteiger partial charge in [-0.3, -0.25) is 9.52 Å². The molecule has 0 aliphatic carbocycles. The van der Waals surface area contributed by atoms with Gasteiger partial charge in [-0.2, -0.15) is 0 Å². The van der Waals surface area contributed by atoms with E-state index in [1.54, 1.807) is 29.2 Å². The molecule has 0 spiro atoms. The van der Waals surface area contributed by atoms with Crippen LogP contribution in [0.15, 0.2) is 47.5 Å². The third kappa shape index (κ3) is 3.93. The van der Waals surface area contributed by atoms with E-state index in [0.717, 1.165) is 0 Å². The first-order chi connectivity index (χ1) is 13.9. The predicted molar refractivity (Wildman–Crippen MR) is 112 cm³/mol. The van der Waals surface area contributed by atoms with Gasteiger partial charge in [-0.1, -0.05) is 29.3 Å². The van der Waals surface area contributed by atoms with Crippen LogP contribution in [0.5, 0.6) is 0 Å². The first-order valence-electron chi connectivity index (χ1n) is 8.82. The van der Waals surface area contributed by atoms with Crippen molar-refractivity contribution in [2.24, 2.45) is 0 Å². The number of rotatable bonds is 4. The van der Waals surface area contributed by atoms with Crippen LogP contribution in [-0.2, 0) is 14.8 Å². The number of amides is 1. The van der Waals surface area contributed by atoms with E-state index in [-0.39, 0.29) is 10.8 Å². The zero-order valence-electron chi connectivity index (χ0n) is 15.1. The number of hydrogen-bond acceptors (Lipinski definition) is 4. The molecule has 1 saturated heterocycles. The number of H-pyrrole nitrogens is 1. The zero-order chi connectivity index (χ0) is 20.6. The van der Waals surface area contributed by atoms with Crippen molar-refractivity contribution in [1.82, 2.24) is 9.88 Å². The minimum atomic E-state index is -3.95. The number of nitrogens with one attached hydrogen (secondary N) is 2. The second-order valence-electron chi connectivity index (χ2n) is 6.52. The molecule has 1 fully saturated rings. The Morgan fingerprint density at radius 3 is 2.62 bits per heavy atom. The number of benzene rings is 2. The molecule has 1 aliphatic heterocycles. The van der Waals surface area contributed by atoms with Crippen LogP contribution in [0.3, 0.4) is 0 Å². The van der Waals surface area contributed by atoms with Crippen LogP contribution in [0.2, 0.25) is 10.0 Å². The fourth-order valence-electron chi connectivity index (χ4n) is 3.20. The lowest BCUT2D eigenvalue weighted by atomic mass is 10.2. The van der Waals surface area contributed by atoms with Gasteiger partial charge in [0, 0.05) is 30.2 Å². The van der Waals surface area contributed by atoms with E-state index in [1.807, 2.05) is 0 Å². The minimum Gasteiger partial charge on any atom is -0.378 e. The van der Waals surface area contributed by atoms with Crippen molar-refractivity contribution in [3.63, 3.8) is 0 Å². The maximum atomic E-state index is 13.0. The van der Waals surface area contributed by atoms with Crippen LogP contribution in [0.4, 0.5) is 5.69 Å². The third-order valence-electron chi connectivity index (χ3n) is 4.67. The number of sulfonamides is 1. The molecule has 4 rings (SSSR count). The van der Waals surface area contributed by atoms with Crippen molar-refractivity contribution in [3.8, 4) is 0 Å². The summed E-state index contributed by atoms with van der Waals surface area (Å²) in [6.07, 6.45) is 1.54. The molecule has 0 radical (unpaired) electrons. The third-order valence-corrected chi connectivity index (χ3v) is 6.65. The summed E-state index contributed by atoms with van der Waals surface area (Å²) in [7, 11) is -3.95. The molecule has 0 bridgehead atoms. The summed E-state index contributed by atoms with van der Waals surface area (Å²) in [5, 5.41) is 1.33. The van der Waals surface area contributed by atoms with Gasteiger partial charge < -0.3 is 14.6 Å². The van der Waals surface area contributed by atoms with Gasteiger partial charge >= 0.3 is 0 Å². The van der Waals surface area contributed by atoms with Crippen LogP contribution >= 0.6 is 23.2 Å². The number of aromatic nitrogens is 1. The van der Waals surface area contributed by atoms with Crippen molar-refractivity contribution in [1.29, 1.82) is 0 Å². The number of morpholine rings is 1. The average Bonchev–Trinajstić information content (AvgIpc) is 3.13. The number of hydrogen-bond donors (Lipinski definition) is 2. The molecule has 3 aromatic rings. The Morgan fingerprint density at radius 1 is 1.10 bits per heavy atom. The molecule has 0 saturated carbocycles. The zero-order valence-corrected chi connectivity index (χ0v) is 17.4.